The van der Waals surface area contributed by atoms with Crippen molar-refractivity contribution in [3.63, 3.8) is 0 Å². The Hall–Kier alpha value is -1.92. The Bertz CT molecular complexity index is 664. The minimum atomic E-state index is -0.768. The summed E-state index contributed by atoms with van der Waals surface area (Å²) in [5.74, 6) is -0.546. The first-order valence-corrected chi connectivity index (χ1v) is 10.5. The number of aryl methyl sites for hydroxylation is 1. The van der Waals surface area contributed by atoms with E-state index in [9.17, 15) is 9.59 Å². The fraction of sp³-hybridized carbons (Fsp3) is 0.636. The average molecular weight is 388 g/mol. The molecule has 1 aliphatic carbocycles. The minimum absolute atomic E-state index is 0.103. The van der Waals surface area contributed by atoms with Crippen molar-refractivity contribution < 1.29 is 14.7 Å². The fourth-order valence-corrected chi connectivity index (χ4v) is 4.09. The van der Waals surface area contributed by atoms with Crippen LogP contribution in [0.15, 0.2) is 24.3 Å². The Morgan fingerprint density at radius 2 is 1.71 bits per heavy atom. The first kappa shape index (κ1) is 20.8. The normalized spacial score (nSPS) is 18.4. The highest BCUT2D eigenvalue weighted by molar-refractivity contribution is 5.79. The number of likely N-dealkylation sites (tertiary alicyclic amines) is 1. The van der Waals surface area contributed by atoms with Gasteiger partial charge in [-0.1, -0.05) is 36.8 Å². The summed E-state index contributed by atoms with van der Waals surface area (Å²) in [6, 6.07) is 9.15. The maximum absolute atomic E-state index is 13.0. The van der Waals surface area contributed by atoms with Crippen LogP contribution in [0.4, 0.5) is 0 Å². The molecule has 2 fully saturated rings. The number of hydrogen-bond donors (Lipinski definition) is 1. The number of carbonyl (C=O) groups excluding carboxylic acids is 1. The molecule has 0 spiro atoms. The number of likely N-dealkylation sites (N-methyl/N-ethyl adjacent to an activating group) is 1. The van der Waals surface area contributed by atoms with Gasteiger partial charge in [0, 0.05) is 31.7 Å². The van der Waals surface area contributed by atoms with Crippen molar-refractivity contribution in [2.45, 2.75) is 58.2 Å². The molecule has 1 aliphatic heterocycles. The Kier molecular flexibility index (Phi) is 7.08. The van der Waals surface area contributed by atoms with E-state index in [0.29, 0.717) is 25.2 Å². The molecule has 0 atom stereocenters. The number of benzene rings is 1. The predicted octanol–water partition coefficient (Wildman–Crippen LogP) is 2.36. The number of carbonyl (C=O) groups is 2. The maximum atomic E-state index is 13.0. The van der Waals surface area contributed by atoms with Gasteiger partial charge in [0.05, 0.1) is 13.1 Å². The Balaban J connectivity index is 1.51. The lowest BCUT2D eigenvalue weighted by Gasteiger charge is -2.37. The van der Waals surface area contributed by atoms with Crippen LogP contribution < -0.4 is 0 Å². The summed E-state index contributed by atoms with van der Waals surface area (Å²) in [7, 11) is 0. The second-order valence-corrected chi connectivity index (χ2v) is 8.20. The van der Waals surface area contributed by atoms with Crippen LogP contribution in [0.3, 0.4) is 0 Å². The van der Waals surface area contributed by atoms with E-state index in [-0.39, 0.29) is 12.5 Å². The first-order valence-electron chi connectivity index (χ1n) is 10.5. The van der Waals surface area contributed by atoms with Gasteiger partial charge in [-0.3, -0.25) is 19.4 Å². The number of hydrogen-bond acceptors (Lipinski definition) is 4. The van der Waals surface area contributed by atoms with Crippen LogP contribution in [0, 0.1) is 6.92 Å². The third-order valence-electron chi connectivity index (χ3n) is 5.96. The molecule has 1 aromatic carbocycles. The zero-order valence-corrected chi connectivity index (χ0v) is 17.1. The van der Waals surface area contributed by atoms with E-state index < -0.39 is 5.97 Å². The van der Waals surface area contributed by atoms with Gasteiger partial charge >= 0.3 is 5.97 Å². The van der Waals surface area contributed by atoms with Crippen molar-refractivity contribution in [2.75, 3.05) is 32.7 Å². The molecule has 0 radical (unpaired) electrons. The van der Waals surface area contributed by atoms with Gasteiger partial charge in [0.1, 0.15) is 0 Å². The van der Waals surface area contributed by atoms with Gasteiger partial charge < -0.3 is 10.0 Å². The molecular formula is C22H33N3O3. The van der Waals surface area contributed by atoms with Crippen molar-refractivity contribution in [1.82, 2.24) is 14.7 Å². The van der Waals surface area contributed by atoms with Crippen LogP contribution in [-0.2, 0) is 16.1 Å². The SMILES string of the molecule is CCN(CC(=O)O)C1CCN(CC(=O)N(Cc2ccc(C)cc2)C2CC2)CC1. The molecule has 1 saturated carbocycles. The largest absolute Gasteiger partial charge is 0.480 e. The lowest BCUT2D eigenvalue weighted by Crippen LogP contribution is -2.49. The standard InChI is InChI=1S/C22H33N3O3/c1-3-24(16-22(27)28)19-10-12-23(13-11-19)15-21(26)25(20-8-9-20)14-18-6-4-17(2)5-7-18/h4-7,19-20H,3,8-16H2,1-2H3,(H,27,28). The van der Waals surface area contributed by atoms with Crippen LogP contribution in [0.5, 0.6) is 0 Å². The van der Waals surface area contributed by atoms with E-state index in [2.05, 4.69) is 41.0 Å². The first-order chi connectivity index (χ1) is 13.5. The van der Waals surface area contributed by atoms with Gasteiger partial charge in [0.25, 0.3) is 0 Å². The average Bonchev–Trinajstić information content (AvgIpc) is 3.51. The summed E-state index contributed by atoms with van der Waals surface area (Å²) in [6.07, 6.45) is 4.08. The van der Waals surface area contributed by atoms with Gasteiger partial charge in [-0.2, -0.15) is 0 Å². The fourth-order valence-electron chi connectivity index (χ4n) is 4.09. The Labute approximate surface area is 168 Å². The van der Waals surface area contributed by atoms with Crippen molar-refractivity contribution >= 4 is 11.9 Å². The van der Waals surface area contributed by atoms with Crippen LogP contribution in [0.1, 0.15) is 43.7 Å². The molecule has 6 heteroatoms. The summed E-state index contributed by atoms with van der Waals surface area (Å²) in [5.41, 5.74) is 2.43. The minimum Gasteiger partial charge on any atom is -0.480 e. The smallest absolute Gasteiger partial charge is 0.317 e. The topological polar surface area (TPSA) is 64.1 Å². The number of carboxylic acid groups (broad SMARTS) is 1. The van der Waals surface area contributed by atoms with E-state index in [1.54, 1.807) is 0 Å². The molecule has 1 aromatic rings. The lowest BCUT2D eigenvalue weighted by molar-refractivity contribution is -0.139. The van der Waals surface area contributed by atoms with Crippen molar-refractivity contribution in [3.8, 4) is 0 Å². The summed E-state index contributed by atoms with van der Waals surface area (Å²) in [5, 5.41) is 9.07. The molecule has 3 rings (SSSR count). The van der Waals surface area contributed by atoms with Crippen molar-refractivity contribution in [1.29, 1.82) is 0 Å². The maximum Gasteiger partial charge on any atom is 0.317 e. The van der Waals surface area contributed by atoms with Gasteiger partial charge in [-0.05, 0) is 44.7 Å². The second kappa shape index (κ2) is 9.52. The molecule has 1 heterocycles. The van der Waals surface area contributed by atoms with Crippen molar-refractivity contribution in [3.05, 3.63) is 35.4 Å². The van der Waals surface area contributed by atoms with Gasteiger partial charge in [-0.15, -0.1) is 0 Å². The summed E-state index contributed by atoms with van der Waals surface area (Å²) in [4.78, 5) is 30.3. The summed E-state index contributed by atoms with van der Waals surface area (Å²) < 4.78 is 0. The number of nitrogens with zero attached hydrogens (tertiary/aromatic N) is 3. The van der Waals surface area contributed by atoms with Gasteiger partial charge in [-0.25, -0.2) is 0 Å². The molecule has 2 aliphatic rings. The number of rotatable bonds is 9. The van der Waals surface area contributed by atoms with E-state index in [1.807, 2.05) is 11.8 Å². The van der Waals surface area contributed by atoms with Crippen LogP contribution in [0.2, 0.25) is 0 Å². The molecule has 1 amide bonds. The monoisotopic (exact) mass is 387 g/mol. The summed E-state index contributed by atoms with van der Waals surface area (Å²) >= 11 is 0. The molecule has 1 N–H and O–H groups in total. The zero-order valence-electron chi connectivity index (χ0n) is 17.1. The zero-order chi connectivity index (χ0) is 20.1. The number of amides is 1. The van der Waals surface area contributed by atoms with E-state index in [0.717, 1.165) is 45.3 Å². The highest BCUT2D eigenvalue weighted by atomic mass is 16.4. The van der Waals surface area contributed by atoms with Crippen LogP contribution in [0.25, 0.3) is 0 Å². The van der Waals surface area contributed by atoms with Gasteiger partial charge in [0.2, 0.25) is 5.91 Å². The molecule has 28 heavy (non-hydrogen) atoms. The van der Waals surface area contributed by atoms with Crippen LogP contribution >= 0.6 is 0 Å². The molecule has 0 unspecified atom stereocenters. The molecule has 6 nitrogen and oxygen atoms in total. The second-order valence-electron chi connectivity index (χ2n) is 8.20. The molecule has 1 saturated heterocycles. The predicted molar refractivity (Wildman–Crippen MR) is 109 cm³/mol. The highest BCUT2D eigenvalue weighted by Crippen LogP contribution is 2.29. The third-order valence-corrected chi connectivity index (χ3v) is 5.96. The highest BCUT2D eigenvalue weighted by Gasteiger charge is 2.34. The lowest BCUT2D eigenvalue weighted by atomic mass is 10.0. The van der Waals surface area contributed by atoms with Crippen molar-refractivity contribution in [2.24, 2.45) is 0 Å². The van der Waals surface area contributed by atoms with Gasteiger partial charge in [0.15, 0.2) is 0 Å². The molecular weight excluding hydrogens is 354 g/mol. The van der Waals surface area contributed by atoms with E-state index in [1.165, 1.54) is 11.1 Å². The van der Waals surface area contributed by atoms with E-state index in [4.69, 9.17) is 5.11 Å². The molecule has 0 bridgehead atoms. The van der Waals surface area contributed by atoms with E-state index >= 15 is 0 Å². The quantitative estimate of drug-likeness (QED) is 0.705. The Morgan fingerprint density at radius 1 is 1.07 bits per heavy atom. The molecule has 0 aromatic heterocycles. The third kappa shape index (κ3) is 5.79. The molecule has 154 valence electrons. The number of piperidine rings is 1. The Morgan fingerprint density at radius 3 is 2.25 bits per heavy atom. The van der Waals surface area contributed by atoms with Crippen LogP contribution in [-0.4, -0.2) is 76.5 Å². The summed E-state index contributed by atoms with van der Waals surface area (Å²) in [6.45, 7) is 7.83. The number of carboxylic acids is 1. The number of aliphatic carboxylic acids is 1.